The van der Waals surface area contributed by atoms with Crippen molar-refractivity contribution < 1.29 is 13.9 Å². The molecule has 0 aliphatic rings. The molecule has 1 aromatic rings. The number of hydrogen-bond donors (Lipinski definition) is 1. The van der Waals surface area contributed by atoms with Crippen LogP contribution >= 0.6 is 11.8 Å². The van der Waals surface area contributed by atoms with E-state index in [0.29, 0.717) is 10.6 Å². The van der Waals surface area contributed by atoms with Crippen LogP contribution in [0.2, 0.25) is 0 Å². The molecule has 15 heavy (non-hydrogen) atoms. The summed E-state index contributed by atoms with van der Waals surface area (Å²) in [4.78, 5) is 11.7. The van der Waals surface area contributed by atoms with E-state index in [1.165, 1.54) is 31.0 Å². The predicted octanol–water partition coefficient (Wildman–Crippen LogP) is 2.06. The lowest BCUT2D eigenvalue weighted by molar-refractivity contribution is -0.139. The van der Waals surface area contributed by atoms with Gasteiger partial charge in [0.2, 0.25) is 0 Å². The van der Waals surface area contributed by atoms with Gasteiger partial charge in [0.1, 0.15) is 11.1 Å². The molecule has 3 nitrogen and oxygen atoms in total. The van der Waals surface area contributed by atoms with E-state index in [1.807, 2.05) is 0 Å². The zero-order chi connectivity index (χ0) is 11.4. The highest BCUT2D eigenvalue weighted by molar-refractivity contribution is 8.00. The number of benzene rings is 1. The van der Waals surface area contributed by atoms with E-state index in [9.17, 15) is 9.18 Å². The smallest absolute Gasteiger partial charge is 0.318 e. The topological polar surface area (TPSA) is 52.3 Å². The Morgan fingerprint density at radius 3 is 2.73 bits per heavy atom. The third-order valence-electron chi connectivity index (χ3n) is 1.74. The average molecular weight is 229 g/mol. The summed E-state index contributed by atoms with van der Waals surface area (Å²) >= 11 is 1.21. The van der Waals surface area contributed by atoms with Gasteiger partial charge in [-0.3, -0.25) is 4.79 Å². The molecule has 1 aromatic carbocycles. The SMILES string of the molecule is COC(=O)C(C)Sc1cc(N)cc(F)c1. The molecule has 0 heterocycles. The van der Waals surface area contributed by atoms with Crippen LogP contribution in [0.15, 0.2) is 23.1 Å². The average Bonchev–Trinajstić information content (AvgIpc) is 2.14. The maximum atomic E-state index is 13.0. The number of hydrogen-bond acceptors (Lipinski definition) is 4. The molecule has 1 atom stereocenters. The molecule has 0 aromatic heterocycles. The third-order valence-corrected chi connectivity index (χ3v) is 2.79. The quantitative estimate of drug-likeness (QED) is 0.489. The van der Waals surface area contributed by atoms with Crippen LogP contribution in [0, 0.1) is 5.82 Å². The first-order chi connectivity index (χ1) is 7.02. The molecule has 0 spiro atoms. The number of halogens is 1. The van der Waals surface area contributed by atoms with E-state index in [2.05, 4.69) is 4.74 Å². The number of carbonyl (C=O) groups excluding carboxylic acids is 1. The number of methoxy groups -OCH3 is 1. The number of thioether (sulfide) groups is 1. The standard InChI is InChI=1S/C10H12FNO2S/c1-6(10(13)14-2)15-9-4-7(11)3-8(12)5-9/h3-6H,12H2,1-2H3. The van der Waals surface area contributed by atoms with E-state index in [4.69, 9.17) is 5.73 Å². The number of carbonyl (C=O) groups is 1. The highest BCUT2D eigenvalue weighted by atomic mass is 32.2. The first-order valence-corrected chi connectivity index (χ1v) is 5.21. The van der Waals surface area contributed by atoms with Gasteiger partial charge in [-0.15, -0.1) is 11.8 Å². The monoisotopic (exact) mass is 229 g/mol. The molecule has 82 valence electrons. The van der Waals surface area contributed by atoms with Crippen LogP contribution in [0.3, 0.4) is 0 Å². The van der Waals surface area contributed by atoms with Crippen molar-refractivity contribution in [2.45, 2.75) is 17.1 Å². The van der Waals surface area contributed by atoms with Crippen molar-refractivity contribution in [3.05, 3.63) is 24.0 Å². The van der Waals surface area contributed by atoms with Gasteiger partial charge in [0.25, 0.3) is 0 Å². The lowest BCUT2D eigenvalue weighted by Crippen LogP contribution is -2.14. The van der Waals surface area contributed by atoms with Gasteiger partial charge in [-0.05, 0) is 25.1 Å². The molecule has 0 amide bonds. The Morgan fingerprint density at radius 1 is 1.53 bits per heavy atom. The summed E-state index contributed by atoms with van der Waals surface area (Å²) in [7, 11) is 1.32. The fourth-order valence-electron chi connectivity index (χ4n) is 1.07. The fraction of sp³-hybridized carbons (Fsp3) is 0.300. The van der Waals surface area contributed by atoms with Crippen molar-refractivity contribution in [2.24, 2.45) is 0 Å². The number of esters is 1. The molecular weight excluding hydrogens is 217 g/mol. The summed E-state index contributed by atoms with van der Waals surface area (Å²) < 4.78 is 17.5. The Balaban J connectivity index is 2.76. The van der Waals surface area contributed by atoms with Gasteiger partial charge in [-0.25, -0.2) is 4.39 Å². The molecule has 2 N–H and O–H groups in total. The first-order valence-electron chi connectivity index (χ1n) is 4.33. The van der Waals surface area contributed by atoms with Crippen LogP contribution in [0.25, 0.3) is 0 Å². The van der Waals surface area contributed by atoms with Crippen molar-refractivity contribution in [1.82, 2.24) is 0 Å². The highest BCUT2D eigenvalue weighted by Gasteiger charge is 2.14. The molecule has 0 saturated carbocycles. The van der Waals surface area contributed by atoms with Crippen LogP contribution in [0.5, 0.6) is 0 Å². The third kappa shape index (κ3) is 3.43. The van der Waals surface area contributed by atoms with Crippen molar-refractivity contribution in [2.75, 3.05) is 12.8 Å². The highest BCUT2D eigenvalue weighted by Crippen LogP contribution is 2.26. The zero-order valence-electron chi connectivity index (χ0n) is 8.49. The number of ether oxygens (including phenoxy) is 1. The van der Waals surface area contributed by atoms with Gasteiger partial charge < -0.3 is 10.5 Å². The zero-order valence-corrected chi connectivity index (χ0v) is 9.31. The summed E-state index contributed by atoms with van der Waals surface area (Å²) in [6.07, 6.45) is 0. The Labute approximate surface area is 91.8 Å². The number of anilines is 1. The largest absolute Gasteiger partial charge is 0.468 e. The van der Waals surface area contributed by atoms with Crippen LogP contribution in [0.1, 0.15) is 6.92 Å². The van der Waals surface area contributed by atoms with E-state index in [1.54, 1.807) is 13.0 Å². The van der Waals surface area contributed by atoms with E-state index < -0.39 is 5.82 Å². The number of nitrogen functional groups attached to an aromatic ring is 1. The van der Waals surface area contributed by atoms with Gasteiger partial charge >= 0.3 is 5.97 Å². The second kappa shape index (κ2) is 5.02. The van der Waals surface area contributed by atoms with Gasteiger partial charge in [0.05, 0.1) is 7.11 Å². The maximum Gasteiger partial charge on any atom is 0.318 e. The minimum atomic E-state index is -0.408. The van der Waals surface area contributed by atoms with E-state index in [-0.39, 0.29) is 11.2 Å². The summed E-state index contributed by atoms with van der Waals surface area (Å²) in [5.41, 5.74) is 5.82. The summed E-state index contributed by atoms with van der Waals surface area (Å²) in [6, 6.07) is 4.18. The van der Waals surface area contributed by atoms with Crippen molar-refractivity contribution in [1.29, 1.82) is 0 Å². The number of nitrogens with two attached hydrogens (primary N) is 1. The van der Waals surface area contributed by atoms with Crippen molar-refractivity contribution in [3.8, 4) is 0 Å². The molecule has 0 bridgehead atoms. The molecule has 0 fully saturated rings. The Hall–Kier alpha value is -1.23. The van der Waals surface area contributed by atoms with Crippen LogP contribution in [-0.4, -0.2) is 18.3 Å². The second-order valence-electron chi connectivity index (χ2n) is 3.00. The fourth-order valence-corrected chi connectivity index (χ4v) is 2.06. The second-order valence-corrected chi connectivity index (χ2v) is 4.42. The summed E-state index contributed by atoms with van der Waals surface area (Å²) in [5.74, 6) is -0.752. The molecule has 0 aliphatic carbocycles. The van der Waals surface area contributed by atoms with Crippen molar-refractivity contribution >= 4 is 23.4 Å². The number of rotatable bonds is 3. The van der Waals surface area contributed by atoms with Gasteiger partial charge in [-0.1, -0.05) is 0 Å². The lowest BCUT2D eigenvalue weighted by atomic mass is 10.3. The normalized spacial score (nSPS) is 12.2. The molecule has 0 radical (unpaired) electrons. The Kier molecular flexibility index (Phi) is 3.96. The molecule has 1 rings (SSSR count). The van der Waals surface area contributed by atoms with Crippen LogP contribution in [0.4, 0.5) is 10.1 Å². The Bertz CT molecular complexity index is 350. The molecule has 0 saturated heterocycles. The first kappa shape index (κ1) is 11.8. The summed E-state index contributed by atoms with van der Waals surface area (Å²) in [6.45, 7) is 1.69. The van der Waals surface area contributed by atoms with Crippen molar-refractivity contribution in [3.63, 3.8) is 0 Å². The van der Waals surface area contributed by atoms with E-state index >= 15 is 0 Å². The van der Waals surface area contributed by atoms with E-state index in [0.717, 1.165) is 0 Å². The molecule has 0 aliphatic heterocycles. The Morgan fingerprint density at radius 2 is 2.20 bits per heavy atom. The molecular formula is C10H12FNO2S. The molecule has 5 heteroatoms. The van der Waals surface area contributed by atoms with Crippen LogP contribution in [-0.2, 0) is 9.53 Å². The maximum absolute atomic E-state index is 13.0. The summed E-state index contributed by atoms with van der Waals surface area (Å²) in [5, 5.41) is -0.379. The molecule has 1 unspecified atom stereocenters. The van der Waals surface area contributed by atoms with Gasteiger partial charge in [-0.2, -0.15) is 0 Å². The van der Waals surface area contributed by atoms with Gasteiger partial charge in [0.15, 0.2) is 0 Å². The predicted molar refractivity (Wildman–Crippen MR) is 58.1 cm³/mol. The van der Waals surface area contributed by atoms with Crippen LogP contribution < -0.4 is 5.73 Å². The minimum absolute atomic E-state index is 0.342. The minimum Gasteiger partial charge on any atom is -0.468 e. The lowest BCUT2D eigenvalue weighted by Gasteiger charge is -2.09. The van der Waals surface area contributed by atoms with Gasteiger partial charge in [0, 0.05) is 10.6 Å².